The van der Waals surface area contributed by atoms with Crippen molar-refractivity contribution in [1.29, 1.82) is 0 Å². The quantitative estimate of drug-likeness (QED) is 0.274. The zero-order chi connectivity index (χ0) is 26.8. The number of hydrogen-bond donors (Lipinski definition) is 1. The third kappa shape index (κ3) is 4.90. The number of nitrogens with zero attached hydrogens (tertiary/aromatic N) is 5. The molecule has 10 nitrogen and oxygen atoms in total. The van der Waals surface area contributed by atoms with E-state index in [1.54, 1.807) is 30.8 Å². The number of nitrogens with one attached hydrogen (secondary N) is 1. The molecule has 1 aliphatic rings. The number of hydrogen-bond acceptors (Lipinski definition) is 8. The smallest absolute Gasteiger partial charge is 0.358 e. The molecular weight excluding hydrogens is 496 g/mol. The van der Waals surface area contributed by atoms with Crippen molar-refractivity contribution in [1.82, 2.24) is 24.1 Å². The molecule has 0 spiro atoms. The number of imidazole rings is 1. The Morgan fingerprint density at radius 3 is 2.77 bits per heavy atom. The van der Waals surface area contributed by atoms with Gasteiger partial charge in [0.2, 0.25) is 5.95 Å². The predicted octanol–water partition coefficient (Wildman–Crippen LogP) is 5.24. The van der Waals surface area contributed by atoms with Crippen LogP contribution in [0.3, 0.4) is 0 Å². The van der Waals surface area contributed by atoms with Gasteiger partial charge in [-0.1, -0.05) is 18.2 Å². The maximum absolute atomic E-state index is 12.5. The Labute approximate surface area is 225 Å². The fourth-order valence-electron chi connectivity index (χ4n) is 4.91. The number of esters is 1. The van der Waals surface area contributed by atoms with Crippen LogP contribution in [-0.4, -0.2) is 50.4 Å². The molecule has 0 saturated carbocycles. The van der Waals surface area contributed by atoms with E-state index in [1.165, 1.54) is 0 Å². The highest BCUT2D eigenvalue weighted by molar-refractivity contribution is 5.97. The van der Waals surface area contributed by atoms with E-state index < -0.39 is 5.97 Å². The average Bonchev–Trinajstić information content (AvgIpc) is 3.65. The first kappa shape index (κ1) is 24.9. The van der Waals surface area contributed by atoms with Crippen molar-refractivity contribution in [2.45, 2.75) is 39.0 Å². The molecule has 39 heavy (non-hydrogen) atoms. The van der Waals surface area contributed by atoms with Gasteiger partial charge in [-0.05, 0) is 62.1 Å². The van der Waals surface area contributed by atoms with Crippen molar-refractivity contribution in [2.24, 2.45) is 0 Å². The number of ether oxygens (including phenoxy) is 3. The average molecular weight is 527 g/mol. The van der Waals surface area contributed by atoms with Crippen LogP contribution in [0.15, 0.2) is 60.9 Å². The summed E-state index contributed by atoms with van der Waals surface area (Å²) in [5.74, 6) is 0.894. The van der Waals surface area contributed by atoms with Gasteiger partial charge in [0.15, 0.2) is 11.9 Å². The summed E-state index contributed by atoms with van der Waals surface area (Å²) >= 11 is 0. The molecule has 1 saturated heterocycles. The first-order valence-electron chi connectivity index (χ1n) is 13.2. The third-order valence-electron chi connectivity index (χ3n) is 6.89. The molecule has 0 bridgehead atoms. The van der Waals surface area contributed by atoms with E-state index in [1.807, 2.05) is 53.2 Å². The Hall–Kier alpha value is -4.44. The highest BCUT2D eigenvalue weighted by atomic mass is 16.5. The molecule has 1 atom stereocenters. The molecule has 1 unspecified atom stereocenters. The molecule has 0 aliphatic carbocycles. The molecule has 1 N–H and O–H groups in total. The lowest BCUT2D eigenvalue weighted by molar-refractivity contribution is -0.0383. The molecule has 1 fully saturated rings. The van der Waals surface area contributed by atoms with Gasteiger partial charge in [0.1, 0.15) is 11.4 Å². The molecule has 0 radical (unpaired) electrons. The van der Waals surface area contributed by atoms with Crippen molar-refractivity contribution < 1.29 is 19.0 Å². The van der Waals surface area contributed by atoms with Crippen LogP contribution in [0.2, 0.25) is 0 Å². The minimum absolute atomic E-state index is 0.0731. The molecule has 4 heterocycles. The molecule has 3 aromatic heterocycles. The van der Waals surface area contributed by atoms with Crippen molar-refractivity contribution in [3.8, 4) is 17.0 Å². The highest BCUT2D eigenvalue weighted by Gasteiger charge is 2.21. The van der Waals surface area contributed by atoms with Crippen LogP contribution in [0.4, 0.5) is 5.95 Å². The summed E-state index contributed by atoms with van der Waals surface area (Å²) in [7, 11) is 1.65. The van der Waals surface area contributed by atoms with Gasteiger partial charge in [-0.25, -0.2) is 19.4 Å². The SMILES string of the molecule is CCOC(=O)c1cn2c(NCc3ccc(OC)cc3)nc3cc(-c4ccnn4C4CCCCO4)ccc3c2n1. The molecule has 0 amide bonds. The second-order valence-corrected chi connectivity index (χ2v) is 9.39. The lowest BCUT2D eigenvalue weighted by atomic mass is 10.1. The summed E-state index contributed by atoms with van der Waals surface area (Å²) in [5, 5.41) is 8.80. The van der Waals surface area contributed by atoms with Gasteiger partial charge in [-0.15, -0.1) is 0 Å². The van der Waals surface area contributed by atoms with Crippen molar-refractivity contribution in [2.75, 3.05) is 25.6 Å². The third-order valence-corrected chi connectivity index (χ3v) is 6.89. The van der Waals surface area contributed by atoms with Gasteiger partial charge in [0, 0.05) is 36.5 Å². The van der Waals surface area contributed by atoms with Gasteiger partial charge < -0.3 is 19.5 Å². The second kappa shape index (κ2) is 10.7. The van der Waals surface area contributed by atoms with Crippen LogP contribution in [0.1, 0.15) is 48.5 Å². The van der Waals surface area contributed by atoms with Crippen LogP contribution >= 0.6 is 0 Å². The van der Waals surface area contributed by atoms with Gasteiger partial charge in [0.05, 0.1) is 24.9 Å². The molecule has 5 aromatic rings. The normalized spacial score (nSPS) is 15.5. The first-order chi connectivity index (χ1) is 19.1. The van der Waals surface area contributed by atoms with E-state index in [0.29, 0.717) is 18.1 Å². The van der Waals surface area contributed by atoms with Gasteiger partial charge in [0.25, 0.3) is 0 Å². The van der Waals surface area contributed by atoms with E-state index in [2.05, 4.69) is 15.4 Å². The molecule has 200 valence electrons. The minimum atomic E-state index is -0.469. The minimum Gasteiger partial charge on any atom is -0.497 e. The number of benzene rings is 2. The van der Waals surface area contributed by atoms with Crippen molar-refractivity contribution in [3.05, 3.63) is 72.2 Å². The lowest BCUT2D eigenvalue weighted by Crippen LogP contribution is -2.19. The Morgan fingerprint density at radius 2 is 2.00 bits per heavy atom. The number of anilines is 1. The predicted molar refractivity (Wildman–Crippen MR) is 147 cm³/mol. The van der Waals surface area contributed by atoms with Crippen molar-refractivity contribution in [3.63, 3.8) is 0 Å². The summed E-state index contributed by atoms with van der Waals surface area (Å²) in [5.41, 5.74) is 4.60. The number of fused-ring (bicyclic) bond motifs is 3. The van der Waals surface area contributed by atoms with E-state index in [0.717, 1.165) is 59.3 Å². The van der Waals surface area contributed by atoms with Crippen molar-refractivity contribution >= 4 is 28.5 Å². The Balaban J connectivity index is 1.41. The van der Waals surface area contributed by atoms with E-state index in [9.17, 15) is 4.79 Å². The zero-order valence-corrected chi connectivity index (χ0v) is 22.0. The summed E-state index contributed by atoms with van der Waals surface area (Å²) in [6.45, 7) is 3.32. The van der Waals surface area contributed by atoms with Crippen LogP contribution in [0.5, 0.6) is 5.75 Å². The molecule has 6 rings (SSSR count). The standard InChI is InChI=1S/C29H30N6O4/c1-3-38-28(36)24-18-34-27(32-24)22-12-9-20(25-13-14-31-35(25)26-6-4-5-15-39-26)16-23(22)33-29(34)30-17-19-7-10-21(37-2)11-8-19/h7-14,16,18,26H,3-6,15,17H2,1-2H3,(H,30,33). The number of aromatic nitrogens is 5. The molecule has 2 aromatic carbocycles. The van der Waals surface area contributed by atoms with E-state index in [4.69, 9.17) is 19.2 Å². The van der Waals surface area contributed by atoms with Gasteiger partial charge in [-0.2, -0.15) is 5.10 Å². The maximum Gasteiger partial charge on any atom is 0.358 e. The van der Waals surface area contributed by atoms with Gasteiger partial charge in [-0.3, -0.25) is 4.40 Å². The van der Waals surface area contributed by atoms with E-state index in [-0.39, 0.29) is 18.5 Å². The summed E-state index contributed by atoms with van der Waals surface area (Å²) < 4.78 is 20.2. The molecule has 1 aliphatic heterocycles. The van der Waals surface area contributed by atoms with Crippen LogP contribution in [0.25, 0.3) is 27.8 Å². The number of carbonyl (C=O) groups is 1. The first-order valence-corrected chi connectivity index (χ1v) is 13.2. The monoisotopic (exact) mass is 526 g/mol. The largest absolute Gasteiger partial charge is 0.497 e. The van der Waals surface area contributed by atoms with Crippen LogP contribution in [-0.2, 0) is 16.0 Å². The highest BCUT2D eigenvalue weighted by Crippen LogP contribution is 2.31. The number of carbonyl (C=O) groups excluding carboxylic acids is 1. The van der Waals surface area contributed by atoms with Gasteiger partial charge >= 0.3 is 5.97 Å². The zero-order valence-electron chi connectivity index (χ0n) is 22.0. The van der Waals surface area contributed by atoms with Crippen LogP contribution in [0, 0.1) is 0 Å². The summed E-state index contributed by atoms with van der Waals surface area (Å²) in [6.07, 6.45) is 6.53. The second-order valence-electron chi connectivity index (χ2n) is 9.39. The summed E-state index contributed by atoms with van der Waals surface area (Å²) in [6, 6.07) is 15.9. The molecular formula is C29H30N6O4. The Bertz CT molecular complexity index is 1620. The number of methoxy groups -OCH3 is 1. The number of rotatable bonds is 8. The summed E-state index contributed by atoms with van der Waals surface area (Å²) in [4.78, 5) is 22.1. The fourth-order valence-corrected chi connectivity index (χ4v) is 4.91. The topological polar surface area (TPSA) is 105 Å². The lowest BCUT2D eigenvalue weighted by Gasteiger charge is -2.24. The fraction of sp³-hybridized carbons (Fsp3) is 0.310. The molecule has 10 heteroatoms. The maximum atomic E-state index is 12.5. The Morgan fingerprint density at radius 1 is 1.13 bits per heavy atom. The van der Waals surface area contributed by atoms with Crippen LogP contribution < -0.4 is 10.1 Å². The van der Waals surface area contributed by atoms with E-state index >= 15 is 0 Å². The Kier molecular flexibility index (Phi) is 6.85.